The van der Waals surface area contributed by atoms with Crippen LogP contribution in [0.3, 0.4) is 0 Å². The first-order chi connectivity index (χ1) is 7.61. The molecule has 90 valence electrons. The molecule has 0 aliphatic heterocycles. The summed E-state index contributed by atoms with van der Waals surface area (Å²) in [6.45, 7) is 6.14. The van der Waals surface area contributed by atoms with E-state index in [0.29, 0.717) is 0 Å². The molecule has 0 spiro atoms. The third-order valence-corrected chi connectivity index (χ3v) is 2.47. The summed E-state index contributed by atoms with van der Waals surface area (Å²) >= 11 is 0. The van der Waals surface area contributed by atoms with Crippen molar-refractivity contribution < 1.29 is 4.74 Å². The molecule has 16 heavy (non-hydrogen) atoms. The molecule has 0 aromatic carbocycles. The number of aromatic nitrogens is 1. The van der Waals surface area contributed by atoms with Gasteiger partial charge in [0.15, 0.2) is 0 Å². The highest BCUT2D eigenvalue weighted by Crippen LogP contribution is 2.14. The number of pyridine rings is 1. The Hall–Kier alpha value is -1.09. The second kappa shape index (κ2) is 6.48. The summed E-state index contributed by atoms with van der Waals surface area (Å²) in [5, 5.41) is 0. The van der Waals surface area contributed by atoms with Gasteiger partial charge in [-0.25, -0.2) is 0 Å². The van der Waals surface area contributed by atoms with Crippen LogP contribution in [0.15, 0.2) is 18.5 Å². The van der Waals surface area contributed by atoms with Gasteiger partial charge in [0.2, 0.25) is 0 Å². The molecule has 1 rings (SSSR count). The fourth-order valence-corrected chi connectivity index (χ4v) is 1.49. The van der Waals surface area contributed by atoms with E-state index in [1.165, 1.54) is 5.56 Å². The maximum Gasteiger partial charge on any atom is 0.138 e. The summed E-state index contributed by atoms with van der Waals surface area (Å²) in [4.78, 5) is 4.18. The van der Waals surface area contributed by atoms with Gasteiger partial charge in [-0.1, -0.05) is 6.92 Å². The number of nitrogens with two attached hydrogens (primary N) is 1. The topological polar surface area (TPSA) is 48.1 Å². The van der Waals surface area contributed by atoms with Crippen LogP contribution in [-0.2, 0) is 6.42 Å². The number of hydrogen-bond acceptors (Lipinski definition) is 3. The molecule has 1 aromatic rings. The first-order valence-electron chi connectivity index (χ1n) is 5.98. The molecule has 0 fully saturated rings. The van der Waals surface area contributed by atoms with Crippen LogP contribution in [0.5, 0.6) is 5.75 Å². The van der Waals surface area contributed by atoms with E-state index in [9.17, 15) is 0 Å². The van der Waals surface area contributed by atoms with Crippen LogP contribution in [0.4, 0.5) is 0 Å². The van der Waals surface area contributed by atoms with E-state index < -0.39 is 0 Å². The van der Waals surface area contributed by atoms with Crippen LogP contribution in [0, 0.1) is 0 Å². The van der Waals surface area contributed by atoms with Gasteiger partial charge in [0.25, 0.3) is 0 Å². The van der Waals surface area contributed by atoms with E-state index in [2.05, 4.69) is 18.0 Å². The molecule has 1 aromatic heterocycles. The number of hydrogen-bond donors (Lipinski definition) is 1. The van der Waals surface area contributed by atoms with Crippen molar-refractivity contribution in [3.05, 3.63) is 24.0 Å². The second-order valence-corrected chi connectivity index (χ2v) is 4.40. The Balaban J connectivity index is 2.53. The zero-order valence-corrected chi connectivity index (χ0v) is 10.4. The Morgan fingerprint density at radius 1 is 1.38 bits per heavy atom. The average Bonchev–Trinajstić information content (AvgIpc) is 2.25. The summed E-state index contributed by atoms with van der Waals surface area (Å²) < 4.78 is 5.59. The zero-order chi connectivity index (χ0) is 12.0. The molecule has 2 N–H and O–H groups in total. The van der Waals surface area contributed by atoms with Gasteiger partial charge in [-0.15, -0.1) is 0 Å². The molecule has 1 atom stereocenters. The zero-order valence-electron chi connectivity index (χ0n) is 10.4. The normalized spacial score (nSPS) is 12.8. The molecule has 3 heteroatoms. The standard InChI is InChI=1S/C13H22N2O/c1-4-12(14)6-5-11-7-13(9-15-8-11)16-10(2)3/h7-10,12H,4-6,14H2,1-3H3. The Labute approximate surface area is 98.0 Å². The van der Waals surface area contributed by atoms with Crippen LogP contribution >= 0.6 is 0 Å². The van der Waals surface area contributed by atoms with E-state index >= 15 is 0 Å². The molecule has 1 heterocycles. The number of aryl methyl sites for hydroxylation is 1. The number of rotatable bonds is 6. The summed E-state index contributed by atoms with van der Waals surface area (Å²) in [7, 11) is 0. The first-order valence-corrected chi connectivity index (χ1v) is 5.98. The van der Waals surface area contributed by atoms with Crippen LogP contribution in [0.25, 0.3) is 0 Å². The molecule has 0 amide bonds. The SMILES string of the molecule is CCC(N)CCc1cncc(OC(C)C)c1. The van der Waals surface area contributed by atoms with E-state index in [4.69, 9.17) is 10.5 Å². The monoisotopic (exact) mass is 222 g/mol. The maximum absolute atomic E-state index is 5.89. The summed E-state index contributed by atoms with van der Waals surface area (Å²) in [6.07, 6.45) is 6.82. The summed E-state index contributed by atoms with van der Waals surface area (Å²) in [5.74, 6) is 0.845. The number of ether oxygens (including phenoxy) is 1. The Bertz CT molecular complexity index is 313. The van der Waals surface area contributed by atoms with Crippen molar-refractivity contribution in [3.63, 3.8) is 0 Å². The van der Waals surface area contributed by atoms with Gasteiger partial charge >= 0.3 is 0 Å². The highest BCUT2D eigenvalue weighted by molar-refractivity contribution is 5.23. The number of nitrogens with zero attached hydrogens (tertiary/aromatic N) is 1. The van der Waals surface area contributed by atoms with E-state index in [1.807, 2.05) is 20.0 Å². The lowest BCUT2D eigenvalue weighted by molar-refractivity contribution is 0.241. The van der Waals surface area contributed by atoms with Gasteiger partial charge in [-0.3, -0.25) is 4.98 Å². The molecule has 0 bridgehead atoms. The molecule has 0 saturated carbocycles. The molecular weight excluding hydrogens is 200 g/mol. The van der Waals surface area contributed by atoms with Crippen LogP contribution in [-0.4, -0.2) is 17.1 Å². The Morgan fingerprint density at radius 2 is 2.12 bits per heavy atom. The fourth-order valence-electron chi connectivity index (χ4n) is 1.49. The van der Waals surface area contributed by atoms with Crippen molar-refractivity contribution in [2.24, 2.45) is 5.73 Å². The smallest absolute Gasteiger partial charge is 0.138 e. The van der Waals surface area contributed by atoms with Crippen molar-refractivity contribution in [1.29, 1.82) is 0 Å². The minimum atomic E-state index is 0.190. The van der Waals surface area contributed by atoms with Crippen LogP contribution < -0.4 is 10.5 Å². The van der Waals surface area contributed by atoms with Gasteiger partial charge < -0.3 is 10.5 Å². The van der Waals surface area contributed by atoms with Crippen molar-refractivity contribution in [3.8, 4) is 5.75 Å². The summed E-state index contributed by atoms with van der Waals surface area (Å²) in [6, 6.07) is 2.34. The Morgan fingerprint density at radius 3 is 2.75 bits per heavy atom. The third kappa shape index (κ3) is 4.62. The largest absolute Gasteiger partial charge is 0.489 e. The minimum Gasteiger partial charge on any atom is -0.489 e. The third-order valence-electron chi connectivity index (χ3n) is 2.47. The highest BCUT2D eigenvalue weighted by Gasteiger charge is 2.03. The second-order valence-electron chi connectivity index (χ2n) is 4.40. The van der Waals surface area contributed by atoms with Gasteiger partial charge in [-0.2, -0.15) is 0 Å². The summed E-state index contributed by atoms with van der Waals surface area (Å²) in [5.41, 5.74) is 7.08. The predicted octanol–water partition coefficient (Wildman–Crippen LogP) is 2.54. The molecular formula is C13H22N2O. The van der Waals surface area contributed by atoms with Gasteiger partial charge in [-0.05, 0) is 44.7 Å². The molecule has 3 nitrogen and oxygen atoms in total. The van der Waals surface area contributed by atoms with Gasteiger partial charge in [0.05, 0.1) is 12.3 Å². The molecule has 1 unspecified atom stereocenters. The van der Waals surface area contributed by atoms with Crippen molar-refractivity contribution >= 4 is 0 Å². The lowest BCUT2D eigenvalue weighted by atomic mass is 10.1. The molecule has 0 aliphatic carbocycles. The predicted molar refractivity (Wildman–Crippen MR) is 66.6 cm³/mol. The molecule has 0 saturated heterocycles. The van der Waals surface area contributed by atoms with E-state index in [1.54, 1.807) is 6.20 Å². The van der Waals surface area contributed by atoms with Crippen molar-refractivity contribution in [2.45, 2.75) is 52.2 Å². The lowest BCUT2D eigenvalue weighted by Gasteiger charge is -2.11. The van der Waals surface area contributed by atoms with Gasteiger partial charge in [0, 0.05) is 12.2 Å². The van der Waals surface area contributed by atoms with Gasteiger partial charge in [0.1, 0.15) is 5.75 Å². The highest BCUT2D eigenvalue weighted by atomic mass is 16.5. The fraction of sp³-hybridized carbons (Fsp3) is 0.615. The van der Waals surface area contributed by atoms with E-state index in [-0.39, 0.29) is 12.1 Å². The van der Waals surface area contributed by atoms with Crippen molar-refractivity contribution in [1.82, 2.24) is 4.98 Å². The lowest BCUT2D eigenvalue weighted by Crippen LogP contribution is -2.19. The molecule has 0 aliphatic rings. The van der Waals surface area contributed by atoms with Crippen LogP contribution in [0.2, 0.25) is 0 Å². The van der Waals surface area contributed by atoms with E-state index in [0.717, 1.165) is 25.0 Å². The molecule has 0 radical (unpaired) electrons. The van der Waals surface area contributed by atoms with Crippen LogP contribution in [0.1, 0.15) is 39.2 Å². The maximum atomic E-state index is 5.89. The minimum absolute atomic E-state index is 0.190. The quantitative estimate of drug-likeness (QED) is 0.804. The first kappa shape index (κ1) is 13.0. The average molecular weight is 222 g/mol. The van der Waals surface area contributed by atoms with Crippen molar-refractivity contribution in [2.75, 3.05) is 0 Å². The Kier molecular flexibility index (Phi) is 5.26.